The summed E-state index contributed by atoms with van der Waals surface area (Å²) in [4.78, 5) is 0. The number of rotatable bonds is 5. The van der Waals surface area contributed by atoms with Crippen molar-refractivity contribution in [1.29, 1.82) is 0 Å². The Hall–Kier alpha value is -1.57. The molecule has 0 spiro atoms. The molecule has 2 aromatic carbocycles. The van der Waals surface area contributed by atoms with Gasteiger partial charge in [0.15, 0.2) is 0 Å². The lowest BCUT2D eigenvalue weighted by molar-refractivity contribution is 0.149. The van der Waals surface area contributed by atoms with E-state index >= 15 is 0 Å². The second-order valence-corrected chi connectivity index (χ2v) is 4.33. The molecule has 2 aromatic rings. The molecule has 0 atom stereocenters. The van der Waals surface area contributed by atoms with Crippen LogP contribution in [0.3, 0.4) is 0 Å². The van der Waals surface area contributed by atoms with Gasteiger partial charge in [-0.2, -0.15) is 0 Å². The van der Waals surface area contributed by atoms with Gasteiger partial charge < -0.3 is 4.74 Å². The summed E-state index contributed by atoms with van der Waals surface area (Å²) in [7, 11) is 0. The SMILES string of the molecule is Clc1ccccc1/C=C/COCc1ccccc1. The minimum absolute atomic E-state index is 0.583. The fourth-order valence-electron chi connectivity index (χ4n) is 1.60. The molecule has 0 saturated heterocycles. The lowest BCUT2D eigenvalue weighted by atomic mass is 10.2. The molecule has 0 heterocycles. The zero-order valence-corrected chi connectivity index (χ0v) is 10.8. The molecule has 0 aliphatic rings. The topological polar surface area (TPSA) is 9.23 Å². The standard InChI is InChI=1S/C16H15ClO/c17-16-11-5-4-9-15(16)10-6-12-18-13-14-7-2-1-3-8-14/h1-11H,12-13H2/b10-6+. The summed E-state index contributed by atoms with van der Waals surface area (Å²) < 4.78 is 5.55. The third kappa shape index (κ3) is 4.02. The van der Waals surface area contributed by atoms with Gasteiger partial charge in [-0.15, -0.1) is 0 Å². The van der Waals surface area contributed by atoms with E-state index in [9.17, 15) is 0 Å². The average Bonchev–Trinajstić information content (AvgIpc) is 2.42. The summed E-state index contributed by atoms with van der Waals surface area (Å²) in [5, 5.41) is 0.761. The van der Waals surface area contributed by atoms with Crippen molar-refractivity contribution in [2.24, 2.45) is 0 Å². The molecule has 2 rings (SSSR count). The van der Waals surface area contributed by atoms with Gasteiger partial charge in [0.05, 0.1) is 13.2 Å². The van der Waals surface area contributed by atoms with Gasteiger partial charge in [0.2, 0.25) is 0 Å². The lowest BCUT2D eigenvalue weighted by Crippen LogP contribution is -1.92. The second-order valence-electron chi connectivity index (χ2n) is 3.92. The van der Waals surface area contributed by atoms with Crippen LogP contribution in [0.5, 0.6) is 0 Å². The van der Waals surface area contributed by atoms with Gasteiger partial charge in [-0.05, 0) is 17.2 Å². The van der Waals surface area contributed by atoms with Crippen LogP contribution in [0.1, 0.15) is 11.1 Å². The number of hydrogen-bond acceptors (Lipinski definition) is 1. The van der Waals surface area contributed by atoms with Crippen molar-refractivity contribution in [3.05, 3.63) is 76.8 Å². The zero-order valence-electron chi connectivity index (χ0n) is 10.1. The molecular weight excluding hydrogens is 244 g/mol. The zero-order chi connectivity index (χ0) is 12.6. The monoisotopic (exact) mass is 258 g/mol. The van der Waals surface area contributed by atoms with Crippen molar-refractivity contribution < 1.29 is 4.74 Å². The maximum Gasteiger partial charge on any atom is 0.0721 e. The highest BCUT2D eigenvalue weighted by Gasteiger charge is 1.93. The predicted molar refractivity (Wildman–Crippen MR) is 76.6 cm³/mol. The lowest BCUT2D eigenvalue weighted by Gasteiger charge is -2.01. The molecule has 18 heavy (non-hydrogen) atoms. The van der Waals surface area contributed by atoms with Crippen molar-refractivity contribution in [3.8, 4) is 0 Å². The van der Waals surface area contributed by atoms with Crippen molar-refractivity contribution in [1.82, 2.24) is 0 Å². The van der Waals surface area contributed by atoms with E-state index in [1.54, 1.807) is 0 Å². The van der Waals surface area contributed by atoms with E-state index in [2.05, 4.69) is 12.1 Å². The van der Waals surface area contributed by atoms with Gasteiger partial charge in [-0.25, -0.2) is 0 Å². The molecule has 92 valence electrons. The molecule has 0 unspecified atom stereocenters. The van der Waals surface area contributed by atoms with E-state index in [4.69, 9.17) is 16.3 Å². The van der Waals surface area contributed by atoms with Gasteiger partial charge in [0.25, 0.3) is 0 Å². The predicted octanol–water partition coefficient (Wildman–Crippen LogP) is 4.57. The Bertz CT molecular complexity index is 506. The second kappa shape index (κ2) is 7.00. The van der Waals surface area contributed by atoms with Crippen molar-refractivity contribution in [3.63, 3.8) is 0 Å². The van der Waals surface area contributed by atoms with Crippen LogP contribution in [-0.2, 0) is 11.3 Å². The van der Waals surface area contributed by atoms with E-state index in [0.717, 1.165) is 10.6 Å². The normalized spacial score (nSPS) is 10.9. The van der Waals surface area contributed by atoms with Crippen LogP contribution in [0, 0.1) is 0 Å². The molecule has 0 aliphatic carbocycles. The van der Waals surface area contributed by atoms with Crippen LogP contribution in [-0.4, -0.2) is 6.61 Å². The maximum absolute atomic E-state index is 6.04. The first kappa shape index (κ1) is 12.9. The summed E-state index contributed by atoms with van der Waals surface area (Å²) in [5.41, 5.74) is 2.20. The van der Waals surface area contributed by atoms with Gasteiger partial charge >= 0.3 is 0 Å². The van der Waals surface area contributed by atoms with E-state index in [-0.39, 0.29) is 0 Å². The average molecular weight is 259 g/mol. The molecule has 0 N–H and O–H groups in total. The molecule has 0 aliphatic heterocycles. The van der Waals surface area contributed by atoms with E-state index < -0.39 is 0 Å². The molecule has 2 heteroatoms. The van der Waals surface area contributed by atoms with Crippen LogP contribution in [0.25, 0.3) is 6.08 Å². The molecule has 1 nitrogen and oxygen atoms in total. The molecule has 0 saturated carbocycles. The molecular formula is C16H15ClO. The van der Waals surface area contributed by atoms with Crippen molar-refractivity contribution >= 4 is 17.7 Å². The van der Waals surface area contributed by atoms with E-state index in [1.807, 2.05) is 54.6 Å². The Morgan fingerprint density at radius 2 is 1.67 bits per heavy atom. The summed E-state index contributed by atoms with van der Waals surface area (Å²) in [6.45, 7) is 1.22. The number of hydrogen-bond donors (Lipinski definition) is 0. The smallest absolute Gasteiger partial charge is 0.0721 e. The fraction of sp³-hybridized carbons (Fsp3) is 0.125. The summed E-state index contributed by atoms with van der Waals surface area (Å²) in [5.74, 6) is 0. The Kier molecular flexibility index (Phi) is 5.00. The number of halogens is 1. The first-order valence-corrected chi connectivity index (χ1v) is 6.27. The van der Waals surface area contributed by atoms with Gasteiger partial charge in [0, 0.05) is 5.02 Å². The van der Waals surface area contributed by atoms with Gasteiger partial charge in [-0.1, -0.05) is 72.3 Å². The third-order valence-corrected chi connectivity index (χ3v) is 2.87. The van der Waals surface area contributed by atoms with Crippen LogP contribution in [0.15, 0.2) is 60.7 Å². The third-order valence-electron chi connectivity index (χ3n) is 2.53. The Balaban J connectivity index is 1.77. The van der Waals surface area contributed by atoms with Crippen LogP contribution in [0.4, 0.5) is 0 Å². The molecule has 0 amide bonds. The van der Waals surface area contributed by atoms with E-state index in [0.29, 0.717) is 13.2 Å². The molecule has 0 aromatic heterocycles. The summed E-state index contributed by atoms with van der Waals surface area (Å²) in [6, 6.07) is 17.9. The minimum atomic E-state index is 0.583. The van der Waals surface area contributed by atoms with Gasteiger partial charge in [-0.3, -0.25) is 0 Å². The van der Waals surface area contributed by atoms with E-state index in [1.165, 1.54) is 5.56 Å². The Labute approximate surface area is 113 Å². The van der Waals surface area contributed by atoms with Gasteiger partial charge in [0.1, 0.15) is 0 Å². The van der Waals surface area contributed by atoms with Crippen LogP contribution in [0.2, 0.25) is 5.02 Å². The quantitative estimate of drug-likeness (QED) is 0.714. The fourth-order valence-corrected chi connectivity index (χ4v) is 1.80. The maximum atomic E-state index is 6.04. The summed E-state index contributed by atoms with van der Waals surface area (Å²) >= 11 is 6.04. The van der Waals surface area contributed by atoms with Crippen molar-refractivity contribution in [2.75, 3.05) is 6.61 Å². The molecule has 0 bridgehead atoms. The van der Waals surface area contributed by atoms with Crippen LogP contribution < -0.4 is 0 Å². The Morgan fingerprint density at radius 1 is 0.944 bits per heavy atom. The number of ether oxygens (including phenoxy) is 1. The molecule has 0 radical (unpaired) electrons. The molecule has 0 fully saturated rings. The number of benzene rings is 2. The Morgan fingerprint density at radius 3 is 2.44 bits per heavy atom. The summed E-state index contributed by atoms with van der Waals surface area (Å²) in [6.07, 6.45) is 3.96. The highest BCUT2D eigenvalue weighted by molar-refractivity contribution is 6.32. The van der Waals surface area contributed by atoms with Crippen LogP contribution >= 0.6 is 11.6 Å². The highest BCUT2D eigenvalue weighted by Crippen LogP contribution is 2.16. The largest absolute Gasteiger partial charge is 0.373 e. The minimum Gasteiger partial charge on any atom is -0.373 e. The first-order valence-electron chi connectivity index (χ1n) is 5.89. The van der Waals surface area contributed by atoms with Crippen molar-refractivity contribution in [2.45, 2.75) is 6.61 Å². The first-order chi connectivity index (χ1) is 8.86. The highest BCUT2D eigenvalue weighted by atomic mass is 35.5.